The van der Waals surface area contributed by atoms with Crippen LogP contribution in [0.1, 0.15) is 17.3 Å². The summed E-state index contributed by atoms with van der Waals surface area (Å²) in [5.74, 6) is -4.08. The minimum absolute atomic E-state index is 0.0270. The van der Waals surface area contributed by atoms with Gasteiger partial charge in [0.15, 0.2) is 11.8 Å². The van der Waals surface area contributed by atoms with E-state index in [0.717, 1.165) is 17.1 Å². The maximum atomic E-state index is 12.8. The van der Waals surface area contributed by atoms with E-state index >= 15 is 0 Å². The maximum Gasteiger partial charge on any atom is 0.339 e. The number of amides is 1. The first-order chi connectivity index (χ1) is 15.6. The fourth-order valence-corrected chi connectivity index (χ4v) is 4.04. The second-order valence-corrected chi connectivity index (χ2v) is 9.57. The molecular weight excluding hydrogens is 500 g/mol. The van der Waals surface area contributed by atoms with Crippen LogP contribution >= 0.6 is 0 Å². The molecule has 2 aromatic carbocycles. The Kier molecular flexibility index (Phi) is 6.14. The number of hydrazone groups is 1. The number of phenolic OH excluding ortho intramolecular Hbond substituents is 1. The molecule has 1 amide bonds. The molecule has 0 aromatic heterocycles. The molecule has 17 heteroatoms. The van der Waals surface area contributed by atoms with E-state index in [4.69, 9.17) is 5.11 Å². The molecular formula is C17H14N4O11S2. The van der Waals surface area contributed by atoms with Crippen molar-refractivity contribution in [3.63, 3.8) is 0 Å². The minimum Gasteiger partial charge on any atom is -0.507 e. The zero-order chi connectivity index (χ0) is 25.6. The average Bonchev–Trinajstić information content (AvgIpc) is 2.99. The number of hydrogen-bond acceptors (Lipinski definition) is 11. The van der Waals surface area contributed by atoms with Crippen molar-refractivity contribution in [2.75, 3.05) is 5.01 Å². The van der Waals surface area contributed by atoms with Gasteiger partial charge >= 0.3 is 5.97 Å². The van der Waals surface area contributed by atoms with E-state index in [1.807, 2.05) is 0 Å². The highest BCUT2D eigenvalue weighted by molar-refractivity contribution is 7.86. The van der Waals surface area contributed by atoms with Crippen LogP contribution in [0.25, 0.3) is 0 Å². The number of phenols is 2. The number of benzene rings is 2. The molecule has 1 atom stereocenters. The third-order valence-corrected chi connectivity index (χ3v) is 6.13. The molecule has 0 saturated carbocycles. The van der Waals surface area contributed by atoms with E-state index in [1.165, 1.54) is 13.0 Å². The second kappa shape index (κ2) is 8.45. The van der Waals surface area contributed by atoms with Gasteiger partial charge in [0, 0.05) is 0 Å². The van der Waals surface area contributed by atoms with E-state index in [2.05, 4.69) is 15.3 Å². The molecule has 0 aliphatic carbocycles. The molecule has 0 radical (unpaired) electrons. The smallest absolute Gasteiger partial charge is 0.339 e. The first-order valence-corrected chi connectivity index (χ1v) is 11.7. The summed E-state index contributed by atoms with van der Waals surface area (Å²) in [6.45, 7) is 1.35. The fourth-order valence-electron chi connectivity index (χ4n) is 2.81. The average molecular weight is 514 g/mol. The van der Waals surface area contributed by atoms with E-state index in [0.29, 0.717) is 12.1 Å². The Balaban J connectivity index is 2.02. The van der Waals surface area contributed by atoms with Crippen LogP contribution in [-0.4, -0.2) is 64.9 Å². The van der Waals surface area contributed by atoms with Gasteiger partial charge in [0.1, 0.15) is 21.9 Å². The van der Waals surface area contributed by atoms with E-state index in [9.17, 15) is 45.7 Å². The van der Waals surface area contributed by atoms with Crippen LogP contribution in [0.4, 0.5) is 11.4 Å². The summed E-state index contributed by atoms with van der Waals surface area (Å²) in [4.78, 5) is 21.6. The SMILES string of the molecule is CC1=NN(c2ccc(O)c(C(=O)O)c2)C(=O)C1N=Nc1cc(S(=O)(=O)O)cc(S(=O)(=O)O)c1O. The number of aromatic hydroxyl groups is 2. The zero-order valence-corrected chi connectivity index (χ0v) is 18.4. The highest BCUT2D eigenvalue weighted by Gasteiger charge is 2.35. The molecule has 1 aliphatic rings. The maximum absolute atomic E-state index is 12.8. The molecule has 0 fully saturated rings. The summed E-state index contributed by atoms with van der Waals surface area (Å²) >= 11 is 0. The molecule has 5 N–H and O–H groups in total. The van der Waals surface area contributed by atoms with Gasteiger partial charge < -0.3 is 15.3 Å². The number of azo groups is 1. The zero-order valence-electron chi connectivity index (χ0n) is 16.8. The molecule has 0 bridgehead atoms. The third kappa shape index (κ3) is 4.71. The topological polar surface area (TPSA) is 244 Å². The number of aromatic carboxylic acids is 1. The standard InChI is InChI=1S/C17H14N4O11S2/c1-7-14(16(24)21(20-7)8-2-3-12(22)10(4-8)17(25)26)19-18-11-5-9(33(27,28)29)6-13(15(11)23)34(30,31)32/h2-6,14,22-23H,1H3,(H,25,26)(H,27,28,29)(H,30,31,32). The van der Waals surface area contributed by atoms with Gasteiger partial charge in [-0.3, -0.25) is 13.9 Å². The molecule has 3 rings (SSSR count). The van der Waals surface area contributed by atoms with Crippen LogP contribution in [0.3, 0.4) is 0 Å². The number of rotatable bonds is 6. The summed E-state index contributed by atoms with van der Waals surface area (Å²) in [6.07, 6.45) is 0. The van der Waals surface area contributed by atoms with Crippen LogP contribution < -0.4 is 5.01 Å². The molecule has 2 aromatic rings. The van der Waals surface area contributed by atoms with Gasteiger partial charge in [-0.25, -0.2) is 4.79 Å². The lowest BCUT2D eigenvalue weighted by molar-refractivity contribution is -0.117. The van der Waals surface area contributed by atoms with Gasteiger partial charge in [0.25, 0.3) is 26.1 Å². The second-order valence-electron chi connectivity index (χ2n) is 6.76. The molecule has 0 saturated heterocycles. The van der Waals surface area contributed by atoms with Crippen molar-refractivity contribution in [2.45, 2.75) is 22.8 Å². The highest BCUT2D eigenvalue weighted by atomic mass is 32.2. The molecule has 0 spiro atoms. The van der Waals surface area contributed by atoms with Gasteiger partial charge in [0.05, 0.1) is 16.3 Å². The van der Waals surface area contributed by atoms with Gasteiger partial charge in [-0.05, 0) is 37.3 Å². The van der Waals surface area contributed by atoms with Crippen molar-refractivity contribution in [1.82, 2.24) is 0 Å². The minimum atomic E-state index is -5.15. The van der Waals surface area contributed by atoms with Crippen LogP contribution in [0.5, 0.6) is 11.5 Å². The van der Waals surface area contributed by atoms with Crippen molar-refractivity contribution >= 4 is 49.2 Å². The number of nitrogens with zero attached hydrogens (tertiary/aromatic N) is 4. The largest absolute Gasteiger partial charge is 0.507 e. The predicted octanol–water partition coefficient (Wildman–Crippen LogP) is 1.16. The first-order valence-electron chi connectivity index (χ1n) is 8.79. The molecule has 1 unspecified atom stereocenters. The van der Waals surface area contributed by atoms with Crippen molar-refractivity contribution in [3.05, 3.63) is 35.9 Å². The van der Waals surface area contributed by atoms with E-state index < -0.39 is 70.7 Å². The Bertz CT molecular complexity index is 1500. The Morgan fingerprint density at radius 3 is 2.26 bits per heavy atom. The normalized spacial score (nSPS) is 16.8. The monoisotopic (exact) mass is 514 g/mol. The summed E-state index contributed by atoms with van der Waals surface area (Å²) in [6, 6.07) is 2.60. The van der Waals surface area contributed by atoms with Gasteiger partial charge in [-0.2, -0.15) is 37.2 Å². The number of anilines is 1. The van der Waals surface area contributed by atoms with Crippen LogP contribution in [-0.2, 0) is 25.0 Å². The third-order valence-electron chi connectivity index (χ3n) is 4.44. The van der Waals surface area contributed by atoms with E-state index in [-0.39, 0.29) is 11.4 Å². The van der Waals surface area contributed by atoms with E-state index in [1.54, 1.807) is 0 Å². The van der Waals surface area contributed by atoms with Gasteiger partial charge in [-0.15, -0.1) is 0 Å². The lowest BCUT2D eigenvalue weighted by atomic mass is 10.1. The van der Waals surface area contributed by atoms with Crippen LogP contribution in [0.15, 0.2) is 55.5 Å². The predicted molar refractivity (Wildman–Crippen MR) is 112 cm³/mol. The number of carbonyl (C=O) groups excluding carboxylic acids is 1. The summed E-state index contributed by atoms with van der Waals surface area (Å²) in [7, 11) is -10.2. The number of hydrogen-bond donors (Lipinski definition) is 5. The number of carboxylic acids is 1. The fraction of sp³-hybridized carbons (Fsp3) is 0.118. The molecule has 1 aliphatic heterocycles. The Labute approximate surface area is 190 Å². The summed E-state index contributed by atoms with van der Waals surface area (Å²) < 4.78 is 64.2. The number of carboxylic acid groups (broad SMARTS) is 1. The lowest BCUT2D eigenvalue weighted by Gasteiger charge is -2.13. The Hall–Kier alpha value is -3.93. The van der Waals surface area contributed by atoms with Gasteiger partial charge in [-0.1, -0.05) is 0 Å². The van der Waals surface area contributed by atoms with Crippen molar-refractivity contribution < 1.29 is 50.8 Å². The van der Waals surface area contributed by atoms with Crippen molar-refractivity contribution in [1.29, 1.82) is 0 Å². The highest BCUT2D eigenvalue weighted by Crippen LogP contribution is 2.37. The Morgan fingerprint density at radius 2 is 1.71 bits per heavy atom. The van der Waals surface area contributed by atoms with Crippen molar-refractivity contribution in [3.8, 4) is 11.5 Å². The van der Waals surface area contributed by atoms with Crippen LogP contribution in [0, 0.1) is 0 Å². The molecule has 34 heavy (non-hydrogen) atoms. The first kappa shape index (κ1) is 24.7. The Morgan fingerprint density at radius 1 is 1.06 bits per heavy atom. The quantitative estimate of drug-likeness (QED) is 0.270. The molecule has 1 heterocycles. The molecule has 180 valence electrons. The number of carbonyl (C=O) groups is 2. The summed E-state index contributed by atoms with van der Waals surface area (Å²) in [5, 5.41) is 40.6. The lowest BCUT2D eigenvalue weighted by Crippen LogP contribution is -2.29. The van der Waals surface area contributed by atoms with Gasteiger partial charge in [0.2, 0.25) is 0 Å². The summed E-state index contributed by atoms with van der Waals surface area (Å²) in [5.41, 5.74) is -1.34. The van der Waals surface area contributed by atoms with Crippen molar-refractivity contribution in [2.24, 2.45) is 15.3 Å². The molecule has 15 nitrogen and oxygen atoms in total. The van der Waals surface area contributed by atoms with Crippen LogP contribution in [0.2, 0.25) is 0 Å².